The third-order valence-electron chi connectivity index (χ3n) is 2.79. The Labute approximate surface area is 120 Å². The predicted octanol–water partition coefficient (Wildman–Crippen LogP) is 3.09. The zero-order valence-electron chi connectivity index (χ0n) is 10.9. The van der Waals surface area contributed by atoms with Crippen LogP contribution in [0.15, 0.2) is 33.2 Å². The average molecular weight is 323 g/mol. The first-order chi connectivity index (χ1) is 9.10. The highest BCUT2D eigenvalue weighted by molar-refractivity contribution is 9.10. The van der Waals surface area contributed by atoms with E-state index in [1.807, 2.05) is 31.2 Å². The maximum atomic E-state index is 11.2. The van der Waals surface area contributed by atoms with E-state index < -0.39 is 0 Å². The summed E-state index contributed by atoms with van der Waals surface area (Å²) in [7, 11) is 1.62. The van der Waals surface area contributed by atoms with E-state index in [4.69, 9.17) is 4.42 Å². The van der Waals surface area contributed by atoms with Crippen molar-refractivity contribution in [3.05, 3.63) is 40.3 Å². The highest BCUT2D eigenvalue weighted by Crippen LogP contribution is 2.26. The summed E-state index contributed by atoms with van der Waals surface area (Å²) in [4.78, 5) is 15.6. The minimum atomic E-state index is -0.0129. The molecule has 1 aromatic carbocycles. The van der Waals surface area contributed by atoms with Gasteiger partial charge in [0.25, 0.3) is 0 Å². The maximum absolute atomic E-state index is 11.2. The predicted molar refractivity (Wildman–Crippen MR) is 76.8 cm³/mol. The molecule has 0 fully saturated rings. The first-order valence-corrected chi connectivity index (χ1v) is 6.82. The number of halogens is 1. The number of aryl methyl sites for hydroxylation is 2. The largest absolute Gasteiger partial charge is 0.440 e. The van der Waals surface area contributed by atoms with Crippen molar-refractivity contribution in [2.24, 2.45) is 0 Å². The van der Waals surface area contributed by atoms with Crippen molar-refractivity contribution in [3.8, 4) is 11.3 Å². The molecule has 5 heteroatoms. The van der Waals surface area contributed by atoms with Gasteiger partial charge in [0.1, 0.15) is 0 Å². The Morgan fingerprint density at radius 1 is 1.37 bits per heavy atom. The van der Waals surface area contributed by atoms with Crippen LogP contribution in [0.2, 0.25) is 0 Å². The molecule has 0 aliphatic rings. The van der Waals surface area contributed by atoms with Crippen LogP contribution < -0.4 is 5.32 Å². The topological polar surface area (TPSA) is 55.1 Å². The monoisotopic (exact) mass is 322 g/mol. The molecule has 0 bridgehead atoms. The first-order valence-electron chi connectivity index (χ1n) is 6.03. The van der Waals surface area contributed by atoms with Crippen LogP contribution >= 0.6 is 15.9 Å². The summed E-state index contributed by atoms with van der Waals surface area (Å²) in [6.45, 7) is 1.91. The molecule has 1 heterocycles. The number of aromatic nitrogens is 1. The molecule has 0 spiro atoms. The lowest BCUT2D eigenvalue weighted by Crippen LogP contribution is -2.17. The molecule has 100 valence electrons. The number of benzene rings is 1. The summed E-state index contributed by atoms with van der Waals surface area (Å²) < 4.78 is 6.75. The van der Waals surface area contributed by atoms with Crippen LogP contribution in [0.3, 0.4) is 0 Å². The molecule has 0 saturated carbocycles. The fourth-order valence-corrected chi connectivity index (χ4v) is 2.04. The van der Waals surface area contributed by atoms with E-state index in [0.29, 0.717) is 18.7 Å². The van der Waals surface area contributed by atoms with Crippen molar-refractivity contribution in [2.75, 3.05) is 7.05 Å². The second-order valence-corrected chi connectivity index (χ2v) is 5.12. The van der Waals surface area contributed by atoms with Crippen molar-refractivity contribution in [3.63, 3.8) is 0 Å². The fourth-order valence-electron chi connectivity index (χ4n) is 1.77. The number of hydrogen-bond acceptors (Lipinski definition) is 3. The number of carbonyl (C=O) groups excluding carboxylic acids is 1. The van der Waals surface area contributed by atoms with Gasteiger partial charge >= 0.3 is 0 Å². The summed E-state index contributed by atoms with van der Waals surface area (Å²) in [6.07, 6.45) is 0.896. The molecule has 19 heavy (non-hydrogen) atoms. The Hall–Kier alpha value is -1.62. The molecular weight excluding hydrogens is 308 g/mol. The third kappa shape index (κ3) is 3.44. The minimum Gasteiger partial charge on any atom is -0.440 e. The summed E-state index contributed by atoms with van der Waals surface area (Å²) in [6, 6.07) is 7.86. The lowest BCUT2D eigenvalue weighted by molar-refractivity contribution is -0.120. The average Bonchev–Trinajstić information content (AvgIpc) is 2.78. The van der Waals surface area contributed by atoms with Crippen LogP contribution in [-0.4, -0.2) is 17.9 Å². The van der Waals surface area contributed by atoms with Crippen molar-refractivity contribution < 1.29 is 9.21 Å². The van der Waals surface area contributed by atoms with E-state index in [-0.39, 0.29) is 5.91 Å². The molecule has 1 aromatic heterocycles. The summed E-state index contributed by atoms with van der Waals surface area (Å²) in [5.74, 6) is 1.35. The van der Waals surface area contributed by atoms with Crippen LogP contribution in [0.25, 0.3) is 11.3 Å². The highest BCUT2D eigenvalue weighted by Gasteiger charge is 2.12. The molecular formula is C14H15BrN2O2. The third-order valence-corrected chi connectivity index (χ3v) is 3.32. The highest BCUT2D eigenvalue weighted by atomic mass is 79.9. The molecule has 0 aliphatic carbocycles. The van der Waals surface area contributed by atoms with E-state index in [0.717, 1.165) is 21.5 Å². The number of amides is 1. The summed E-state index contributed by atoms with van der Waals surface area (Å²) in [5.41, 5.74) is 1.83. The SMILES string of the molecule is CNC(=O)CCc1nc(C)c(-c2ccc(Br)cc2)o1. The van der Waals surface area contributed by atoms with Crippen LogP contribution in [0.5, 0.6) is 0 Å². The van der Waals surface area contributed by atoms with Gasteiger partial charge in [-0.1, -0.05) is 28.1 Å². The molecule has 0 unspecified atom stereocenters. The van der Waals surface area contributed by atoms with Gasteiger partial charge in [-0.2, -0.15) is 0 Å². The van der Waals surface area contributed by atoms with E-state index in [1.165, 1.54) is 0 Å². The molecule has 2 rings (SSSR count). The Bertz CT molecular complexity index is 576. The molecule has 0 atom stereocenters. The van der Waals surface area contributed by atoms with Crippen LogP contribution in [-0.2, 0) is 11.2 Å². The quantitative estimate of drug-likeness (QED) is 0.941. The lowest BCUT2D eigenvalue weighted by atomic mass is 10.1. The molecule has 1 N–H and O–H groups in total. The van der Waals surface area contributed by atoms with Gasteiger partial charge in [0.05, 0.1) is 5.69 Å². The van der Waals surface area contributed by atoms with Crippen LogP contribution in [0.1, 0.15) is 18.0 Å². The fraction of sp³-hybridized carbons (Fsp3) is 0.286. The number of oxazole rings is 1. The van der Waals surface area contributed by atoms with Gasteiger partial charge in [0, 0.05) is 29.9 Å². The smallest absolute Gasteiger partial charge is 0.220 e. The molecule has 1 amide bonds. The van der Waals surface area contributed by atoms with Gasteiger partial charge in [-0.05, 0) is 19.1 Å². The second kappa shape index (κ2) is 6.02. The second-order valence-electron chi connectivity index (χ2n) is 4.20. The van der Waals surface area contributed by atoms with Gasteiger partial charge in [0.2, 0.25) is 5.91 Å². The Morgan fingerprint density at radius 3 is 2.68 bits per heavy atom. The first kappa shape index (κ1) is 13.8. The molecule has 0 saturated heterocycles. The Balaban J connectivity index is 2.16. The zero-order valence-corrected chi connectivity index (χ0v) is 12.5. The molecule has 0 radical (unpaired) electrons. The summed E-state index contributed by atoms with van der Waals surface area (Å²) >= 11 is 3.40. The van der Waals surface area contributed by atoms with Gasteiger partial charge < -0.3 is 9.73 Å². The van der Waals surface area contributed by atoms with Crippen molar-refractivity contribution in [2.45, 2.75) is 19.8 Å². The van der Waals surface area contributed by atoms with Gasteiger partial charge in [-0.15, -0.1) is 0 Å². The van der Waals surface area contributed by atoms with Gasteiger partial charge in [0.15, 0.2) is 11.7 Å². The van der Waals surface area contributed by atoms with Crippen molar-refractivity contribution in [1.29, 1.82) is 0 Å². The number of carbonyl (C=O) groups is 1. The number of hydrogen-bond donors (Lipinski definition) is 1. The Kier molecular flexibility index (Phi) is 4.37. The lowest BCUT2D eigenvalue weighted by Gasteiger charge is -1.98. The molecule has 2 aromatic rings. The maximum Gasteiger partial charge on any atom is 0.220 e. The number of nitrogens with zero attached hydrogens (tertiary/aromatic N) is 1. The minimum absolute atomic E-state index is 0.0129. The van der Waals surface area contributed by atoms with E-state index >= 15 is 0 Å². The van der Waals surface area contributed by atoms with E-state index in [1.54, 1.807) is 7.05 Å². The van der Waals surface area contributed by atoms with Gasteiger partial charge in [-0.3, -0.25) is 4.79 Å². The summed E-state index contributed by atoms with van der Waals surface area (Å²) in [5, 5.41) is 2.58. The molecule has 4 nitrogen and oxygen atoms in total. The van der Waals surface area contributed by atoms with E-state index in [9.17, 15) is 4.79 Å². The number of nitrogens with one attached hydrogen (secondary N) is 1. The molecule has 0 aliphatic heterocycles. The Morgan fingerprint density at radius 2 is 2.05 bits per heavy atom. The van der Waals surface area contributed by atoms with Gasteiger partial charge in [-0.25, -0.2) is 4.98 Å². The number of rotatable bonds is 4. The van der Waals surface area contributed by atoms with E-state index in [2.05, 4.69) is 26.2 Å². The van der Waals surface area contributed by atoms with Crippen molar-refractivity contribution in [1.82, 2.24) is 10.3 Å². The van der Waals surface area contributed by atoms with Crippen LogP contribution in [0, 0.1) is 6.92 Å². The normalized spacial score (nSPS) is 10.5. The standard InChI is InChI=1S/C14H15BrN2O2/c1-9-14(10-3-5-11(15)6-4-10)19-13(17-9)8-7-12(18)16-2/h3-6H,7-8H2,1-2H3,(H,16,18). The van der Waals surface area contributed by atoms with Crippen molar-refractivity contribution >= 4 is 21.8 Å². The zero-order chi connectivity index (χ0) is 13.8. The van der Waals surface area contributed by atoms with Crippen LogP contribution in [0.4, 0.5) is 0 Å².